The molecule has 0 aliphatic carbocycles. The zero-order valence-corrected chi connectivity index (χ0v) is 10.3. The average Bonchev–Trinajstić information content (AvgIpc) is 2.06. The van der Waals surface area contributed by atoms with Crippen LogP contribution >= 0.6 is 0 Å². The second kappa shape index (κ2) is 4.13. The minimum absolute atomic E-state index is 0.112. The topological polar surface area (TPSA) is 32.3 Å². The van der Waals surface area contributed by atoms with Crippen molar-refractivity contribution >= 4 is 5.69 Å². The molecule has 0 radical (unpaired) electrons. The molecule has 0 saturated heterocycles. The highest BCUT2D eigenvalue weighted by molar-refractivity contribution is 5.58. The minimum atomic E-state index is 0.112. The Morgan fingerprint density at radius 2 is 1.80 bits per heavy atom. The number of hydrogen-bond donors (Lipinski definition) is 2. The summed E-state index contributed by atoms with van der Waals surface area (Å²) in [7, 11) is 0. The van der Waals surface area contributed by atoms with Gasteiger partial charge < -0.3 is 10.4 Å². The van der Waals surface area contributed by atoms with Crippen LogP contribution in [0.1, 0.15) is 40.2 Å². The Morgan fingerprint density at radius 3 is 2.27 bits per heavy atom. The minimum Gasteiger partial charge on any atom is -0.506 e. The SMILES string of the molecule is CC(C)Nc1cc(C(C)(C)C)ccc1O. The van der Waals surface area contributed by atoms with Crippen molar-refractivity contribution in [1.29, 1.82) is 0 Å². The first-order chi connectivity index (χ1) is 6.80. The van der Waals surface area contributed by atoms with Crippen LogP contribution in [0.15, 0.2) is 18.2 Å². The van der Waals surface area contributed by atoms with Crippen molar-refractivity contribution in [3.63, 3.8) is 0 Å². The zero-order chi connectivity index (χ0) is 11.6. The van der Waals surface area contributed by atoms with Crippen LogP contribution in [0.4, 0.5) is 5.69 Å². The lowest BCUT2D eigenvalue weighted by Crippen LogP contribution is -2.14. The maximum Gasteiger partial charge on any atom is 0.138 e. The monoisotopic (exact) mass is 207 g/mol. The number of phenolic OH excluding ortho intramolecular Hbond substituents is 1. The van der Waals surface area contributed by atoms with Gasteiger partial charge in [0.25, 0.3) is 0 Å². The lowest BCUT2D eigenvalue weighted by atomic mass is 9.87. The average molecular weight is 207 g/mol. The lowest BCUT2D eigenvalue weighted by Gasteiger charge is -2.21. The highest BCUT2D eigenvalue weighted by Crippen LogP contribution is 2.30. The standard InChI is InChI=1S/C13H21NO/c1-9(2)14-11-8-10(13(3,4)5)6-7-12(11)15/h6-9,14-15H,1-5H3. The van der Waals surface area contributed by atoms with E-state index in [4.69, 9.17) is 0 Å². The summed E-state index contributed by atoms with van der Waals surface area (Å²) in [5, 5.41) is 12.9. The van der Waals surface area contributed by atoms with Gasteiger partial charge in [0, 0.05) is 6.04 Å². The van der Waals surface area contributed by atoms with Gasteiger partial charge >= 0.3 is 0 Å². The largest absolute Gasteiger partial charge is 0.506 e. The van der Waals surface area contributed by atoms with Gasteiger partial charge in [-0.2, -0.15) is 0 Å². The Hall–Kier alpha value is -1.18. The highest BCUT2D eigenvalue weighted by Gasteiger charge is 2.15. The van der Waals surface area contributed by atoms with Gasteiger partial charge in [-0.25, -0.2) is 0 Å². The van der Waals surface area contributed by atoms with E-state index in [9.17, 15) is 5.11 Å². The van der Waals surface area contributed by atoms with Gasteiger partial charge in [-0.3, -0.25) is 0 Å². The van der Waals surface area contributed by atoms with Gasteiger partial charge in [0.05, 0.1) is 5.69 Å². The van der Waals surface area contributed by atoms with Crippen molar-refractivity contribution in [2.24, 2.45) is 0 Å². The second-order valence-corrected chi connectivity index (χ2v) is 5.28. The van der Waals surface area contributed by atoms with Crippen molar-refractivity contribution in [1.82, 2.24) is 0 Å². The van der Waals surface area contributed by atoms with Crippen LogP contribution in [0.25, 0.3) is 0 Å². The molecule has 0 atom stereocenters. The molecule has 1 rings (SSSR count). The fourth-order valence-electron chi connectivity index (χ4n) is 1.43. The quantitative estimate of drug-likeness (QED) is 0.727. The predicted molar refractivity (Wildman–Crippen MR) is 65.6 cm³/mol. The zero-order valence-electron chi connectivity index (χ0n) is 10.3. The van der Waals surface area contributed by atoms with Gasteiger partial charge in [-0.15, -0.1) is 0 Å². The molecule has 0 spiro atoms. The van der Waals surface area contributed by atoms with Gasteiger partial charge in [-0.05, 0) is 37.0 Å². The number of nitrogens with one attached hydrogen (secondary N) is 1. The maximum absolute atomic E-state index is 9.69. The van der Waals surface area contributed by atoms with Crippen molar-refractivity contribution in [3.8, 4) is 5.75 Å². The van der Waals surface area contributed by atoms with E-state index in [-0.39, 0.29) is 5.41 Å². The molecule has 1 aromatic rings. The summed E-state index contributed by atoms with van der Waals surface area (Å²) < 4.78 is 0. The molecular weight excluding hydrogens is 186 g/mol. The van der Waals surface area contributed by atoms with E-state index in [2.05, 4.69) is 39.9 Å². The summed E-state index contributed by atoms with van der Waals surface area (Å²) in [5.41, 5.74) is 2.15. The molecule has 2 N–H and O–H groups in total. The number of aromatic hydroxyl groups is 1. The molecule has 0 aromatic heterocycles. The molecule has 84 valence electrons. The van der Waals surface area contributed by atoms with E-state index >= 15 is 0 Å². The smallest absolute Gasteiger partial charge is 0.138 e. The molecule has 2 heteroatoms. The molecule has 0 aliphatic rings. The summed E-state index contributed by atoms with van der Waals surface area (Å²) in [5.74, 6) is 0.316. The van der Waals surface area contributed by atoms with Crippen LogP contribution in [0.3, 0.4) is 0 Å². The third-order valence-electron chi connectivity index (χ3n) is 2.31. The van der Waals surface area contributed by atoms with Crippen LogP contribution in [0.5, 0.6) is 5.75 Å². The van der Waals surface area contributed by atoms with E-state index in [1.54, 1.807) is 6.07 Å². The van der Waals surface area contributed by atoms with Crippen molar-refractivity contribution in [3.05, 3.63) is 23.8 Å². The molecule has 1 aromatic carbocycles. The molecule has 2 nitrogen and oxygen atoms in total. The third-order valence-corrected chi connectivity index (χ3v) is 2.31. The number of hydrogen-bond acceptors (Lipinski definition) is 2. The molecular formula is C13H21NO. The Labute approximate surface area is 92.3 Å². The summed E-state index contributed by atoms with van der Waals surface area (Å²) in [6.45, 7) is 10.6. The molecule has 0 unspecified atom stereocenters. The lowest BCUT2D eigenvalue weighted by molar-refractivity contribution is 0.475. The number of phenols is 1. The molecule has 0 amide bonds. The summed E-state index contributed by atoms with van der Waals surface area (Å²) in [6, 6.07) is 6.08. The van der Waals surface area contributed by atoms with Gasteiger partial charge in [0.2, 0.25) is 0 Å². The molecule has 0 bridgehead atoms. The van der Waals surface area contributed by atoms with E-state index in [1.807, 2.05) is 12.1 Å². The van der Waals surface area contributed by atoms with Crippen LogP contribution in [0.2, 0.25) is 0 Å². The molecule has 15 heavy (non-hydrogen) atoms. The van der Waals surface area contributed by atoms with Gasteiger partial charge in [0.1, 0.15) is 5.75 Å². The predicted octanol–water partition coefficient (Wildman–Crippen LogP) is 3.51. The fourth-order valence-corrected chi connectivity index (χ4v) is 1.43. The first kappa shape index (κ1) is 11.9. The van der Waals surface area contributed by atoms with Crippen molar-refractivity contribution in [2.45, 2.75) is 46.1 Å². The third kappa shape index (κ3) is 3.15. The van der Waals surface area contributed by atoms with E-state index in [0.717, 1.165) is 5.69 Å². The molecule has 0 heterocycles. The normalized spacial score (nSPS) is 11.9. The molecule has 0 saturated carbocycles. The van der Waals surface area contributed by atoms with E-state index in [0.29, 0.717) is 11.8 Å². The van der Waals surface area contributed by atoms with Crippen molar-refractivity contribution < 1.29 is 5.11 Å². The Balaban J connectivity index is 3.06. The van der Waals surface area contributed by atoms with Crippen molar-refractivity contribution in [2.75, 3.05) is 5.32 Å². The second-order valence-electron chi connectivity index (χ2n) is 5.28. The van der Waals surface area contributed by atoms with E-state index < -0.39 is 0 Å². The van der Waals surface area contributed by atoms with Crippen LogP contribution in [0, 0.1) is 0 Å². The molecule has 0 fully saturated rings. The summed E-state index contributed by atoms with van der Waals surface area (Å²) in [6.07, 6.45) is 0. The Morgan fingerprint density at radius 1 is 1.20 bits per heavy atom. The maximum atomic E-state index is 9.69. The first-order valence-electron chi connectivity index (χ1n) is 5.41. The van der Waals surface area contributed by atoms with Gasteiger partial charge in [-0.1, -0.05) is 26.8 Å². The Kier molecular flexibility index (Phi) is 3.28. The highest BCUT2D eigenvalue weighted by atomic mass is 16.3. The number of anilines is 1. The summed E-state index contributed by atoms with van der Waals surface area (Å²) >= 11 is 0. The fraction of sp³-hybridized carbons (Fsp3) is 0.538. The first-order valence-corrected chi connectivity index (χ1v) is 5.41. The number of benzene rings is 1. The Bertz CT molecular complexity index is 337. The van der Waals surface area contributed by atoms with E-state index in [1.165, 1.54) is 5.56 Å². The van der Waals surface area contributed by atoms with Crippen LogP contribution in [-0.4, -0.2) is 11.1 Å². The van der Waals surface area contributed by atoms with Crippen LogP contribution in [-0.2, 0) is 5.41 Å². The van der Waals surface area contributed by atoms with Gasteiger partial charge in [0.15, 0.2) is 0 Å². The number of rotatable bonds is 2. The molecule has 0 aliphatic heterocycles. The van der Waals surface area contributed by atoms with Crippen LogP contribution < -0.4 is 5.32 Å². The summed E-state index contributed by atoms with van der Waals surface area (Å²) in [4.78, 5) is 0.